The lowest BCUT2D eigenvalue weighted by atomic mass is 10.1. The van der Waals surface area contributed by atoms with Gasteiger partial charge in [-0.25, -0.2) is 0 Å². The van der Waals surface area contributed by atoms with Crippen molar-refractivity contribution in [2.45, 2.75) is 26.2 Å². The molecule has 2 aromatic rings. The molecule has 142 valence electrons. The van der Waals surface area contributed by atoms with E-state index in [9.17, 15) is 8.42 Å². The Kier molecular flexibility index (Phi) is 7.60. The molecule has 0 amide bonds. The molecule has 0 fully saturated rings. The molecular weight excluding hydrogens is 376 g/mol. The molecule has 0 aliphatic heterocycles. The predicted octanol–water partition coefficient (Wildman–Crippen LogP) is 4.48. The molecule has 2 rings (SSSR count). The van der Waals surface area contributed by atoms with Crippen molar-refractivity contribution in [2.75, 3.05) is 19.5 Å². The van der Waals surface area contributed by atoms with Crippen LogP contribution in [0.5, 0.6) is 17.2 Å². The Morgan fingerprint density at radius 3 is 2.19 bits per heavy atom. The van der Waals surface area contributed by atoms with Crippen LogP contribution in [0.2, 0.25) is 5.02 Å². The first-order valence-electron chi connectivity index (χ1n) is 8.41. The van der Waals surface area contributed by atoms with Crippen molar-refractivity contribution in [3.05, 3.63) is 53.1 Å². The Labute approximate surface area is 160 Å². The van der Waals surface area contributed by atoms with Gasteiger partial charge in [0.1, 0.15) is 0 Å². The predicted molar refractivity (Wildman–Crippen MR) is 103 cm³/mol. The summed E-state index contributed by atoms with van der Waals surface area (Å²) in [6, 6.07) is 12.6. The van der Waals surface area contributed by atoms with Crippen LogP contribution in [-0.2, 0) is 16.5 Å². The maximum absolute atomic E-state index is 11.2. The second-order valence-electron chi connectivity index (χ2n) is 5.80. The first-order chi connectivity index (χ1) is 12.4. The number of ether oxygens (including phenoxy) is 2. The molecule has 0 N–H and O–H groups in total. The number of benzene rings is 2. The number of hydrogen-bond donors (Lipinski definition) is 0. The zero-order chi connectivity index (χ0) is 19.0. The SMILES string of the molecule is CCCCOc1ccccc1OCCc1ccc(OS(C)(=O)=O)c(Cl)c1. The van der Waals surface area contributed by atoms with Gasteiger partial charge in [-0.05, 0) is 36.2 Å². The van der Waals surface area contributed by atoms with Crippen LogP contribution in [0.25, 0.3) is 0 Å². The molecule has 0 atom stereocenters. The maximum Gasteiger partial charge on any atom is 0.306 e. The van der Waals surface area contributed by atoms with Crippen LogP contribution in [0, 0.1) is 0 Å². The van der Waals surface area contributed by atoms with Crippen LogP contribution < -0.4 is 13.7 Å². The largest absolute Gasteiger partial charge is 0.490 e. The number of halogens is 1. The Balaban J connectivity index is 1.93. The van der Waals surface area contributed by atoms with Crippen LogP contribution in [-0.4, -0.2) is 27.9 Å². The van der Waals surface area contributed by atoms with Gasteiger partial charge >= 0.3 is 10.1 Å². The van der Waals surface area contributed by atoms with Crippen molar-refractivity contribution in [2.24, 2.45) is 0 Å². The van der Waals surface area contributed by atoms with E-state index in [4.69, 9.17) is 25.3 Å². The van der Waals surface area contributed by atoms with Gasteiger partial charge in [0.15, 0.2) is 17.2 Å². The van der Waals surface area contributed by atoms with Crippen molar-refractivity contribution in [3.63, 3.8) is 0 Å². The van der Waals surface area contributed by atoms with Crippen LogP contribution in [0.3, 0.4) is 0 Å². The molecule has 0 radical (unpaired) electrons. The molecule has 0 spiro atoms. The minimum Gasteiger partial charge on any atom is -0.490 e. The summed E-state index contributed by atoms with van der Waals surface area (Å²) in [7, 11) is -3.60. The molecule has 0 bridgehead atoms. The van der Waals surface area contributed by atoms with Crippen molar-refractivity contribution in [1.29, 1.82) is 0 Å². The monoisotopic (exact) mass is 398 g/mol. The molecule has 7 heteroatoms. The fraction of sp³-hybridized carbons (Fsp3) is 0.368. The van der Waals surface area contributed by atoms with E-state index in [-0.39, 0.29) is 10.8 Å². The Morgan fingerprint density at radius 2 is 1.62 bits per heavy atom. The minimum absolute atomic E-state index is 0.119. The molecule has 0 saturated carbocycles. The van der Waals surface area contributed by atoms with E-state index >= 15 is 0 Å². The quantitative estimate of drug-likeness (QED) is 0.436. The summed E-state index contributed by atoms with van der Waals surface area (Å²) in [6.45, 7) is 3.22. The average molecular weight is 399 g/mol. The summed E-state index contributed by atoms with van der Waals surface area (Å²) in [5.74, 6) is 1.55. The van der Waals surface area contributed by atoms with Crippen molar-refractivity contribution >= 4 is 21.7 Å². The first kappa shape index (κ1) is 20.4. The lowest BCUT2D eigenvalue weighted by molar-refractivity contribution is 0.266. The molecule has 0 unspecified atom stereocenters. The zero-order valence-corrected chi connectivity index (χ0v) is 16.5. The summed E-state index contributed by atoms with van der Waals surface area (Å²) in [4.78, 5) is 0. The molecule has 0 aliphatic carbocycles. The highest BCUT2D eigenvalue weighted by Gasteiger charge is 2.10. The number of rotatable bonds is 10. The normalized spacial score (nSPS) is 11.2. The standard InChI is InChI=1S/C19H23ClO5S/c1-3-4-12-23-18-7-5-6-8-19(18)24-13-11-15-9-10-17(16(20)14-15)25-26(2,21)22/h5-10,14H,3-4,11-13H2,1-2H3. The zero-order valence-electron chi connectivity index (χ0n) is 14.9. The third-order valence-corrected chi connectivity index (χ3v) is 4.27. The van der Waals surface area contributed by atoms with Crippen molar-refractivity contribution in [1.82, 2.24) is 0 Å². The summed E-state index contributed by atoms with van der Waals surface area (Å²) in [6.07, 6.45) is 3.66. The average Bonchev–Trinajstić information content (AvgIpc) is 2.58. The molecule has 2 aromatic carbocycles. The van der Waals surface area contributed by atoms with E-state index in [0.717, 1.165) is 30.4 Å². The van der Waals surface area contributed by atoms with Crippen LogP contribution in [0.1, 0.15) is 25.3 Å². The van der Waals surface area contributed by atoms with Gasteiger partial charge in [0, 0.05) is 6.42 Å². The summed E-state index contributed by atoms with van der Waals surface area (Å²) >= 11 is 6.08. The summed E-state index contributed by atoms with van der Waals surface area (Å²) in [5.41, 5.74) is 0.917. The van der Waals surface area contributed by atoms with Crippen molar-refractivity contribution in [3.8, 4) is 17.2 Å². The lowest BCUT2D eigenvalue weighted by Crippen LogP contribution is -2.07. The van der Waals surface area contributed by atoms with Gasteiger partial charge in [0.05, 0.1) is 24.5 Å². The van der Waals surface area contributed by atoms with Gasteiger partial charge in [0.25, 0.3) is 0 Å². The number of unbranched alkanes of at least 4 members (excludes halogenated alkanes) is 1. The fourth-order valence-corrected chi connectivity index (χ4v) is 2.98. The van der Waals surface area contributed by atoms with Crippen LogP contribution in [0.15, 0.2) is 42.5 Å². The molecular formula is C19H23ClO5S. The molecule has 26 heavy (non-hydrogen) atoms. The topological polar surface area (TPSA) is 61.8 Å². The van der Waals surface area contributed by atoms with Crippen molar-refractivity contribution < 1.29 is 22.1 Å². The maximum atomic E-state index is 11.2. The molecule has 0 aliphatic rings. The number of hydrogen-bond acceptors (Lipinski definition) is 5. The van der Waals surface area contributed by atoms with E-state index in [1.807, 2.05) is 24.3 Å². The Hall–Kier alpha value is -1.92. The van der Waals surface area contributed by atoms with Gasteiger partial charge in [-0.1, -0.05) is 43.1 Å². The second-order valence-corrected chi connectivity index (χ2v) is 7.78. The van der Waals surface area contributed by atoms with E-state index in [1.54, 1.807) is 18.2 Å². The van der Waals surface area contributed by atoms with Gasteiger partial charge < -0.3 is 13.7 Å². The third-order valence-electron chi connectivity index (χ3n) is 3.49. The first-order valence-corrected chi connectivity index (χ1v) is 10.6. The Morgan fingerprint density at radius 1 is 0.962 bits per heavy atom. The number of para-hydroxylation sites is 2. The van der Waals surface area contributed by atoms with Gasteiger partial charge in [-0.3, -0.25) is 0 Å². The molecule has 5 nitrogen and oxygen atoms in total. The fourth-order valence-electron chi connectivity index (χ4n) is 2.22. The van der Waals surface area contributed by atoms with E-state index < -0.39 is 10.1 Å². The van der Waals surface area contributed by atoms with E-state index in [0.29, 0.717) is 25.4 Å². The molecule has 0 heterocycles. The Bertz CT molecular complexity index is 820. The van der Waals surface area contributed by atoms with Gasteiger partial charge in [-0.15, -0.1) is 0 Å². The third kappa shape index (κ3) is 6.77. The highest BCUT2D eigenvalue weighted by Crippen LogP contribution is 2.28. The lowest BCUT2D eigenvalue weighted by Gasteiger charge is -2.13. The summed E-state index contributed by atoms with van der Waals surface area (Å²) < 4.78 is 38.7. The van der Waals surface area contributed by atoms with Gasteiger partial charge in [0.2, 0.25) is 0 Å². The smallest absolute Gasteiger partial charge is 0.306 e. The molecule has 0 saturated heterocycles. The highest BCUT2D eigenvalue weighted by atomic mass is 35.5. The molecule has 0 aromatic heterocycles. The van der Waals surface area contributed by atoms with E-state index in [1.165, 1.54) is 0 Å². The van der Waals surface area contributed by atoms with E-state index in [2.05, 4.69) is 6.92 Å². The minimum atomic E-state index is -3.60. The van der Waals surface area contributed by atoms with Crippen LogP contribution in [0.4, 0.5) is 0 Å². The van der Waals surface area contributed by atoms with Gasteiger partial charge in [-0.2, -0.15) is 8.42 Å². The summed E-state index contributed by atoms with van der Waals surface area (Å²) in [5, 5.41) is 0.247. The van der Waals surface area contributed by atoms with Crippen LogP contribution >= 0.6 is 11.6 Å². The second kappa shape index (κ2) is 9.69. The highest BCUT2D eigenvalue weighted by molar-refractivity contribution is 7.86.